The first-order valence-electron chi connectivity index (χ1n) is 9.46. The van der Waals surface area contributed by atoms with Gasteiger partial charge < -0.3 is 19.5 Å². The van der Waals surface area contributed by atoms with Crippen molar-refractivity contribution in [2.45, 2.75) is 39.7 Å². The number of rotatable bonds is 5. The van der Waals surface area contributed by atoms with Crippen LogP contribution in [0.3, 0.4) is 0 Å². The lowest BCUT2D eigenvalue weighted by Gasteiger charge is -2.38. The Kier molecular flexibility index (Phi) is 6.23. The number of nitrogens with one attached hydrogen (secondary N) is 1. The maximum absolute atomic E-state index is 12.2. The molecule has 1 atom stereocenters. The average molecular weight is 405 g/mol. The lowest BCUT2D eigenvalue weighted by Crippen LogP contribution is -2.45. The molecule has 1 aromatic carbocycles. The summed E-state index contributed by atoms with van der Waals surface area (Å²) in [6.45, 7) is 6.67. The molecule has 0 amide bonds. The zero-order valence-electron chi connectivity index (χ0n) is 17.1. The number of carbonyl (C=O) groups is 1. The van der Waals surface area contributed by atoms with Crippen LogP contribution in [0.4, 0.5) is 5.69 Å². The molecular weight excluding hydrogens is 376 g/mol. The third kappa shape index (κ3) is 4.46. The Bertz CT molecular complexity index is 817. The highest BCUT2D eigenvalue weighted by atomic mass is 32.2. The molecule has 1 N–H and O–H groups in total. The van der Waals surface area contributed by atoms with E-state index in [0.717, 1.165) is 34.8 Å². The number of allylic oxidation sites excluding steroid dienone is 2. The van der Waals surface area contributed by atoms with E-state index in [0.29, 0.717) is 23.9 Å². The summed E-state index contributed by atoms with van der Waals surface area (Å²) < 4.78 is 15.9. The highest BCUT2D eigenvalue weighted by Gasteiger charge is 2.37. The van der Waals surface area contributed by atoms with Crippen molar-refractivity contribution in [2.75, 3.05) is 26.6 Å². The van der Waals surface area contributed by atoms with Gasteiger partial charge in [-0.1, -0.05) is 13.8 Å². The minimum atomic E-state index is -0.306. The monoisotopic (exact) mass is 404 g/mol. The van der Waals surface area contributed by atoms with E-state index in [1.165, 1.54) is 0 Å². The van der Waals surface area contributed by atoms with Gasteiger partial charge in [-0.25, -0.2) is 4.79 Å². The maximum atomic E-state index is 12.2. The van der Waals surface area contributed by atoms with Crippen LogP contribution in [0.1, 0.15) is 33.6 Å². The van der Waals surface area contributed by atoms with E-state index in [1.54, 1.807) is 26.0 Å². The summed E-state index contributed by atoms with van der Waals surface area (Å²) in [5.41, 5.74) is 3.01. The van der Waals surface area contributed by atoms with Crippen LogP contribution < -0.4 is 14.8 Å². The first-order valence-corrected chi connectivity index (χ1v) is 10.4. The van der Waals surface area contributed by atoms with Gasteiger partial charge in [0.15, 0.2) is 11.5 Å². The quantitative estimate of drug-likeness (QED) is 0.746. The van der Waals surface area contributed by atoms with Crippen molar-refractivity contribution in [3.63, 3.8) is 0 Å². The molecule has 0 spiro atoms. The normalized spacial score (nSPS) is 22.3. The Labute approximate surface area is 170 Å². The van der Waals surface area contributed by atoms with Crippen LogP contribution >= 0.6 is 11.8 Å². The van der Waals surface area contributed by atoms with Crippen LogP contribution in [-0.4, -0.2) is 44.3 Å². The summed E-state index contributed by atoms with van der Waals surface area (Å²) in [5, 5.41) is 3.41. The van der Waals surface area contributed by atoms with Gasteiger partial charge in [-0.15, -0.1) is 11.8 Å². The van der Waals surface area contributed by atoms with Gasteiger partial charge in [-0.2, -0.15) is 0 Å². The van der Waals surface area contributed by atoms with Gasteiger partial charge in [0.1, 0.15) is 6.04 Å². The molecular formula is C21H28N2O4S. The molecule has 1 aliphatic heterocycles. The molecule has 0 saturated heterocycles. The molecule has 3 rings (SSSR count). The van der Waals surface area contributed by atoms with Gasteiger partial charge in [0.05, 0.1) is 32.2 Å². The van der Waals surface area contributed by atoms with Crippen molar-refractivity contribution in [1.82, 2.24) is 5.32 Å². The molecule has 2 aliphatic rings. The van der Waals surface area contributed by atoms with Crippen molar-refractivity contribution < 1.29 is 19.0 Å². The number of carbonyl (C=O) groups excluding carboxylic acids is 1. The molecule has 7 heteroatoms. The third-order valence-corrected chi connectivity index (χ3v) is 6.05. The number of ether oxygens (including phenoxy) is 3. The standard InChI is InChI=1S/C21H28N2O4S/c1-6-27-20(24)16-12-28-19-14(10-21(2,3)11-15(19)23-16)22-13-7-8-17(25-4)18(9-13)26-5/h7-9,16,23H,6,10-12H2,1-5H3/b22-14+. The van der Waals surface area contributed by atoms with Crippen LogP contribution in [0.25, 0.3) is 0 Å². The van der Waals surface area contributed by atoms with Gasteiger partial charge in [0.25, 0.3) is 0 Å². The van der Waals surface area contributed by atoms with E-state index in [2.05, 4.69) is 19.2 Å². The largest absolute Gasteiger partial charge is 0.493 e. The number of thioether (sulfide) groups is 1. The summed E-state index contributed by atoms with van der Waals surface area (Å²) in [4.78, 5) is 18.2. The fourth-order valence-corrected chi connectivity index (χ4v) is 4.69. The Morgan fingerprint density at radius 3 is 2.68 bits per heavy atom. The van der Waals surface area contributed by atoms with Crippen molar-refractivity contribution in [2.24, 2.45) is 10.4 Å². The summed E-state index contributed by atoms with van der Waals surface area (Å²) in [6, 6.07) is 5.37. The predicted molar refractivity (Wildman–Crippen MR) is 113 cm³/mol. The molecule has 0 bridgehead atoms. The number of hydrogen-bond donors (Lipinski definition) is 1. The van der Waals surface area contributed by atoms with E-state index >= 15 is 0 Å². The van der Waals surface area contributed by atoms with Gasteiger partial charge in [0.2, 0.25) is 0 Å². The van der Waals surface area contributed by atoms with Crippen molar-refractivity contribution in [3.8, 4) is 11.5 Å². The smallest absolute Gasteiger partial charge is 0.329 e. The average Bonchev–Trinajstić information content (AvgIpc) is 2.66. The molecule has 152 valence electrons. The zero-order chi connectivity index (χ0) is 20.3. The second-order valence-electron chi connectivity index (χ2n) is 7.68. The number of methoxy groups -OCH3 is 2. The molecule has 28 heavy (non-hydrogen) atoms. The lowest BCUT2D eigenvalue weighted by atomic mass is 9.78. The Hall–Kier alpha value is -2.15. The summed E-state index contributed by atoms with van der Waals surface area (Å²) in [5.74, 6) is 1.79. The summed E-state index contributed by atoms with van der Waals surface area (Å²) in [7, 11) is 3.24. The van der Waals surface area contributed by atoms with Gasteiger partial charge in [-0.3, -0.25) is 4.99 Å². The van der Waals surface area contributed by atoms with Crippen molar-refractivity contribution in [3.05, 3.63) is 28.8 Å². The minimum Gasteiger partial charge on any atom is -0.493 e. The zero-order valence-corrected chi connectivity index (χ0v) is 17.9. The van der Waals surface area contributed by atoms with Crippen molar-refractivity contribution in [1.29, 1.82) is 0 Å². The second-order valence-corrected chi connectivity index (χ2v) is 8.71. The fraction of sp³-hybridized carbons (Fsp3) is 0.524. The highest BCUT2D eigenvalue weighted by molar-refractivity contribution is 8.04. The molecule has 1 aliphatic carbocycles. The number of esters is 1. The summed E-state index contributed by atoms with van der Waals surface area (Å²) >= 11 is 1.68. The Morgan fingerprint density at radius 1 is 1.25 bits per heavy atom. The van der Waals surface area contributed by atoms with E-state index in [-0.39, 0.29) is 17.4 Å². The molecule has 0 fully saturated rings. The number of benzene rings is 1. The van der Waals surface area contributed by atoms with Crippen LogP contribution in [-0.2, 0) is 9.53 Å². The Balaban J connectivity index is 1.93. The Morgan fingerprint density at radius 2 is 2.00 bits per heavy atom. The van der Waals surface area contributed by atoms with E-state index < -0.39 is 0 Å². The molecule has 1 heterocycles. The molecule has 1 unspecified atom stereocenters. The molecule has 1 aromatic rings. The second kappa shape index (κ2) is 8.47. The van der Waals surface area contributed by atoms with E-state index in [1.807, 2.05) is 25.1 Å². The molecule has 0 radical (unpaired) electrons. The topological polar surface area (TPSA) is 69.2 Å². The SMILES string of the molecule is CCOC(=O)C1CSC2=C(CC(C)(C)C/C2=N\c2ccc(OC)c(OC)c2)N1. The van der Waals surface area contributed by atoms with E-state index in [9.17, 15) is 4.79 Å². The number of nitrogens with zero attached hydrogens (tertiary/aromatic N) is 1. The number of aliphatic imine (C=N–C) groups is 1. The highest BCUT2D eigenvalue weighted by Crippen LogP contribution is 2.43. The predicted octanol–water partition coefficient (Wildman–Crippen LogP) is 4.08. The number of hydrogen-bond acceptors (Lipinski definition) is 7. The van der Waals surface area contributed by atoms with Crippen molar-refractivity contribution >= 4 is 29.1 Å². The molecule has 0 aromatic heterocycles. The van der Waals surface area contributed by atoms with Crippen LogP contribution in [0.5, 0.6) is 11.5 Å². The first kappa shape index (κ1) is 20.6. The van der Waals surface area contributed by atoms with E-state index in [4.69, 9.17) is 19.2 Å². The van der Waals surface area contributed by atoms with Crippen LogP contribution in [0.2, 0.25) is 0 Å². The summed E-state index contributed by atoms with van der Waals surface area (Å²) in [6.07, 6.45) is 1.76. The first-order chi connectivity index (χ1) is 13.4. The minimum absolute atomic E-state index is 0.0539. The molecule has 6 nitrogen and oxygen atoms in total. The van der Waals surface area contributed by atoms with Crippen LogP contribution in [0.15, 0.2) is 33.8 Å². The maximum Gasteiger partial charge on any atom is 0.329 e. The van der Waals surface area contributed by atoms with Gasteiger partial charge in [0, 0.05) is 22.4 Å². The van der Waals surface area contributed by atoms with Gasteiger partial charge in [-0.05, 0) is 37.3 Å². The fourth-order valence-electron chi connectivity index (χ4n) is 3.55. The lowest BCUT2D eigenvalue weighted by molar-refractivity contribution is -0.144. The molecule has 0 saturated carbocycles. The third-order valence-electron chi connectivity index (χ3n) is 4.78. The van der Waals surface area contributed by atoms with Crippen LogP contribution in [0, 0.1) is 5.41 Å². The van der Waals surface area contributed by atoms with Gasteiger partial charge >= 0.3 is 5.97 Å².